The highest BCUT2D eigenvalue weighted by Crippen LogP contribution is 2.19. The minimum atomic E-state index is -0.182. The average Bonchev–Trinajstić information content (AvgIpc) is 2.88. The first-order valence-corrected chi connectivity index (χ1v) is 5.97. The molecule has 6 nitrogen and oxygen atoms in total. The Kier molecular flexibility index (Phi) is 3.31. The predicted molar refractivity (Wildman–Crippen MR) is 62.4 cm³/mol. The van der Waals surface area contributed by atoms with E-state index in [-0.39, 0.29) is 17.5 Å². The zero-order valence-electron chi connectivity index (χ0n) is 10.2. The highest BCUT2D eigenvalue weighted by atomic mass is 16.2. The number of likely N-dealkylation sites (tertiary alicyclic amines) is 1. The van der Waals surface area contributed by atoms with E-state index in [2.05, 4.69) is 10.1 Å². The quantitative estimate of drug-likeness (QED) is 0.810. The summed E-state index contributed by atoms with van der Waals surface area (Å²) in [5.41, 5.74) is -0.182. The molecule has 1 aromatic heterocycles. The number of amides is 1. The van der Waals surface area contributed by atoms with Crippen LogP contribution in [0.15, 0.2) is 11.1 Å². The van der Waals surface area contributed by atoms with Crippen molar-refractivity contribution in [2.45, 2.75) is 26.8 Å². The molecule has 1 aliphatic heterocycles. The first-order valence-electron chi connectivity index (χ1n) is 5.97. The molecule has 0 unspecified atom stereocenters. The second-order valence-corrected chi connectivity index (χ2v) is 4.87. The summed E-state index contributed by atoms with van der Waals surface area (Å²) >= 11 is 0. The van der Waals surface area contributed by atoms with Crippen molar-refractivity contribution >= 4 is 5.91 Å². The van der Waals surface area contributed by atoms with Crippen molar-refractivity contribution in [3.8, 4) is 0 Å². The highest BCUT2D eigenvalue weighted by Gasteiger charge is 2.28. The molecule has 0 bridgehead atoms. The minimum Gasteiger partial charge on any atom is -0.342 e. The molecule has 0 aromatic carbocycles. The second kappa shape index (κ2) is 4.73. The molecule has 0 radical (unpaired) electrons. The summed E-state index contributed by atoms with van der Waals surface area (Å²) in [5, 5.41) is 3.93. The fourth-order valence-electron chi connectivity index (χ4n) is 2.20. The van der Waals surface area contributed by atoms with Crippen LogP contribution in [0.4, 0.5) is 0 Å². The van der Waals surface area contributed by atoms with Gasteiger partial charge in [0.05, 0.1) is 6.54 Å². The van der Waals surface area contributed by atoms with Gasteiger partial charge in [-0.3, -0.25) is 9.78 Å². The molecule has 94 valence electrons. The lowest BCUT2D eigenvalue weighted by Gasteiger charge is -2.18. The molecule has 17 heavy (non-hydrogen) atoms. The van der Waals surface area contributed by atoms with Gasteiger partial charge in [0.1, 0.15) is 6.33 Å². The summed E-state index contributed by atoms with van der Waals surface area (Å²) in [7, 11) is 0. The number of hydrogen-bond acceptors (Lipinski definition) is 3. The largest absolute Gasteiger partial charge is 0.343 e. The van der Waals surface area contributed by atoms with Crippen LogP contribution in [0.25, 0.3) is 0 Å². The topological polar surface area (TPSA) is 71.0 Å². The molecular formula is C11H18N4O2. The molecule has 1 saturated heterocycles. The number of aromatic nitrogens is 3. The average molecular weight is 238 g/mol. The van der Waals surface area contributed by atoms with E-state index in [9.17, 15) is 9.59 Å². The Bertz CT molecular complexity index is 448. The molecule has 2 heterocycles. The van der Waals surface area contributed by atoms with Gasteiger partial charge in [-0.05, 0) is 12.3 Å². The van der Waals surface area contributed by atoms with Gasteiger partial charge in [0.2, 0.25) is 5.91 Å². The number of hydrogen-bond donors (Lipinski definition) is 1. The van der Waals surface area contributed by atoms with Crippen molar-refractivity contribution in [2.75, 3.05) is 13.1 Å². The van der Waals surface area contributed by atoms with E-state index in [1.807, 2.05) is 18.7 Å². The zero-order chi connectivity index (χ0) is 12.4. The van der Waals surface area contributed by atoms with E-state index in [4.69, 9.17) is 0 Å². The molecule has 1 N–H and O–H groups in total. The van der Waals surface area contributed by atoms with Crippen LogP contribution in [0.1, 0.15) is 20.3 Å². The fraction of sp³-hybridized carbons (Fsp3) is 0.727. The smallest absolute Gasteiger partial charge is 0.342 e. The summed E-state index contributed by atoms with van der Waals surface area (Å²) in [5.74, 6) is 0.572. The van der Waals surface area contributed by atoms with Gasteiger partial charge in [0, 0.05) is 19.0 Å². The van der Waals surface area contributed by atoms with Crippen LogP contribution < -0.4 is 5.69 Å². The van der Waals surface area contributed by atoms with Crippen LogP contribution in [-0.4, -0.2) is 38.7 Å². The molecule has 1 aliphatic rings. The Morgan fingerprint density at radius 3 is 3.00 bits per heavy atom. The fourth-order valence-corrected chi connectivity index (χ4v) is 2.20. The van der Waals surface area contributed by atoms with Crippen molar-refractivity contribution in [3.05, 3.63) is 16.8 Å². The summed E-state index contributed by atoms with van der Waals surface area (Å²) in [6, 6.07) is 0. The number of carbonyl (C=O) groups excluding carboxylic acids is 1. The van der Waals surface area contributed by atoms with Gasteiger partial charge in [0.25, 0.3) is 0 Å². The molecule has 1 fully saturated rings. The Hall–Kier alpha value is -1.59. The van der Waals surface area contributed by atoms with Gasteiger partial charge in [-0.25, -0.2) is 9.48 Å². The van der Waals surface area contributed by atoms with Crippen LogP contribution in [0.5, 0.6) is 0 Å². The van der Waals surface area contributed by atoms with Crippen LogP contribution in [0, 0.1) is 11.8 Å². The lowest BCUT2D eigenvalue weighted by atomic mass is 10.1. The van der Waals surface area contributed by atoms with E-state index in [0.29, 0.717) is 12.5 Å². The molecule has 1 atom stereocenters. The Morgan fingerprint density at radius 1 is 1.65 bits per heavy atom. The number of rotatable bonds is 3. The van der Waals surface area contributed by atoms with Crippen molar-refractivity contribution in [1.29, 1.82) is 0 Å². The number of carbonyl (C=O) groups is 1. The lowest BCUT2D eigenvalue weighted by Crippen LogP contribution is -2.33. The summed E-state index contributed by atoms with van der Waals surface area (Å²) in [4.78, 5) is 27.5. The second-order valence-electron chi connectivity index (χ2n) is 4.87. The van der Waals surface area contributed by atoms with Crippen molar-refractivity contribution in [2.24, 2.45) is 11.8 Å². The lowest BCUT2D eigenvalue weighted by molar-refractivity contribution is -0.133. The van der Waals surface area contributed by atoms with E-state index in [1.165, 1.54) is 11.0 Å². The molecule has 1 aromatic rings. The van der Waals surface area contributed by atoms with E-state index >= 15 is 0 Å². The molecule has 0 spiro atoms. The van der Waals surface area contributed by atoms with Crippen molar-refractivity contribution in [3.63, 3.8) is 0 Å². The molecule has 2 rings (SSSR count). The van der Waals surface area contributed by atoms with Gasteiger partial charge in [-0.1, -0.05) is 13.8 Å². The van der Waals surface area contributed by atoms with Gasteiger partial charge in [-0.2, -0.15) is 5.10 Å². The summed E-state index contributed by atoms with van der Waals surface area (Å²) in [6.07, 6.45) is 2.34. The Labute approximate surface area is 99.6 Å². The van der Waals surface area contributed by atoms with E-state index in [1.54, 1.807) is 0 Å². The standard InChI is InChI=1S/C11H18N4O2/c1-8(2)10(16)14-4-3-9(5-14)6-15-11(17)12-7-13-15/h7-9H,3-6H2,1-2H3,(H,12,13,17)/t9-/m0/s1. The number of H-pyrrole nitrogens is 1. The Morgan fingerprint density at radius 2 is 2.41 bits per heavy atom. The van der Waals surface area contributed by atoms with Gasteiger partial charge >= 0.3 is 5.69 Å². The number of nitrogens with zero attached hydrogens (tertiary/aromatic N) is 3. The van der Waals surface area contributed by atoms with Gasteiger partial charge in [0.15, 0.2) is 0 Å². The van der Waals surface area contributed by atoms with Crippen LogP contribution in [0.3, 0.4) is 0 Å². The maximum Gasteiger partial charge on any atom is 0.343 e. The maximum atomic E-state index is 11.8. The van der Waals surface area contributed by atoms with Gasteiger partial charge in [-0.15, -0.1) is 0 Å². The van der Waals surface area contributed by atoms with Crippen LogP contribution >= 0.6 is 0 Å². The zero-order valence-corrected chi connectivity index (χ0v) is 10.2. The summed E-state index contributed by atoms with van der Waals surface area (Å²) in [6.45, 7) is 5.93. The molecule has 6 heteroatoms. The van der Waals surface area contributed by atoms with Crippen LogP contribution in [-0.2, 0) is 11.3 Å². The van der Waals surface area contributed by atoms with E-state index in [0.717, 1.165) is 19.5 Å². The normalized spacial score (nSPS) is 20.2. The molecular weight excluding hydrogens is 220 g/mol. The van der Waals surface area contributed by atoms with Gasteiger partial charge < -0.3 is 4.90 Å². The third-order valence-electron chi connectivity index (χ3n) is 3.14. The number of aromatic amines is 1. The van der Waals surface area contributed by atoms with Crippen LogP contribution in [0.2, 0.25) is 0 Å². The molecule has 0 aliphatic carbocycles. The first kappa shape index (κ1) is 11.9. The SMILES string of the molecule is CC(C)C(=O)N1CC[C@H](Cn2nc[nH]c2=O)C1. The maximum absolute atomic E-state index is 11.8. The number of nitrogens with one attached hydrogen (secondary N) is 1. The predicted octanol–water partition coefficient (Wildman–Crippen LogP) is 0.0759. The van der Waals surface area contributed by atoms with E-state index < -0.39 is 0 Å². The Balaban J connectivity index is 1.93. The summed E-state index contributed by atoms with van der Waals surface area (Å²) < 4.78 is 1.42. The minimum absolute atomic E-state index is 0.0434. The highest BCUT2D eigenvalue weighted by molar-refractivity contribution is 5.78. The molecule has 0 saturated carbocycles. The van der Waals surface area contributed by atoms with Crippen molar-refractivity contribution in [1.82, 2.24) is 19.7 Å². The molecule has 1 amide bonds. The third-order valence-corrected chi connectivity index (χ3v) is 3.14. The third kappa shape index (κ3) is 2.57. The van der Waals surface area contributed by atoms with Crippen molar-refractivity contribution < 1.29 is 4.79 Å². The monoisotopic (exact) mass is 238 g/mol. The first-order chi connectivity index (χ1) is 8.08.